The second-order valence-corrected chi connectivity index (χ2v) is 5.05. The van der Waals surface area contributed by atoms with E-state index in [9.17, 15) is 0 Å². The van der Waals surface area contributed by atoms with Gasteiger partial charge in [0.2, 0.25) is 0 Å². The molecule has 0 heterocycles. The molecule has 0 nitrogen and oxygen atoms in total. The smallest absolute Gasteiger partial charge is 0.0155 e. The lowest BCUT2D eigenvalue weighted by atomic mass is 10.0. The van der Waals surface area contributed by atoms with Crippen LogP contribution in [0.1, 0.15) is 51.7 Å². The molecular weight excluding hydrogens is 240 g/mol. The molecule has 0 bridgehead atoms. The predicted octanol–water partition coefficient (Wildman–Crippen LogP) is 4.38. The van der Waals surface area contributed by atoms with Crippen molar-refractivity contribution >= 4 is 24.3 Å². The molecule has 0 saturated heterocycles. The quantitative estimate of drug-likeness (QED) is 0.654. The summed E-state index contributed by atoms with van der Waals surface area (Å²) in [5.41, 5.74) is 2.74. The number of allylic oxidation sites excluding steroid dienone is 2. The highest BCUT2D eigenvalue weighted by Crippen LogP contribution is 2.41. The molecule has 4 rings (SSSR count). The van der Waals surface area contributed by atoms with E-state index >= 15 is 0 Å². The number of benzene rings is 1. The van der Waals surface area contributed by atoms with Gasteiger partial charge in [-0.15, -0.1) is 0 Å². The van der Waals surface area contributed by atoms with Crippen molar-refractivity contribution in [2.24, 2.45) is 11.8 Å². The van der Waals surface area contributed by atoms with Gasteiger partial charge in [-0.1, -0.05) is 64.2 Å². The minimum atomic E-state index is 0.843. The molecule has 1 saturated carbocycles. The third kappa shape index (κ3) is 2.95. The van der Waals surface area contributed by atoms with E-state index in [4.69, 9.17) is 0 Å². The Morgan fingerprint density at radius 3 is 1.65 bits per heavy atom. The lowest BCUT2D eigenvalue weighted by Crippen LogP contribution is -2.28. The second-order valence-electron chi connectivity index (χ2n) is 5.05. The molecule has 0 spiro atoms. The van der Waals surface area contributed by atoms with Gasteiger partial charge in [0.15, 0.2) is 0 Å². The third-order valence-corrected chi connectivity index (χ3v) is 3.83. The molecule has 1 fully saturated rings. The fourth-order valence-corrected chi connectivity index (χ4v) is 2.79. The Balaban J connectivity index is 0.000000340. The molecular formula is C20H26. The average Bonchev–Trinajstić information content (AvgIpc) is 3.29. The summed E-state index contributed by atoms with van der Waals surface area (Å²) in [6.45, 7) is 8.00. The highest BCUT2D eigenvalue weighted by molar-refractivity contribution is 5.68. The van der Waals surface area contributed by atoms with Gasteiger partial charge in [0, 0.05) is 0 Å². The number of fused-ring (bicyclic) bond motifs is 3. The molecule has 1 aromatic rings. The van der Waals surface area contributed by atoms with E-state index in [-0.39, 0.29) is 0 Å². The Labute approximate surface area is 123 Å². The van der Waals surface area contributed by atoms with Gasteiger partial charge >= 0.3 is 0 Å². The molecule has 0 heteroatoms. The highest BCUT2D eigenvalue weighted by Gasteiger charge is 2.34. The van der Waals surface area contributed by atoms with Crippen LogP contribution >= 0.6 is 0 Å². The van der Waals surface area contributed by atoms with Gasteiger partial charge in [0.05, 0.1) is 0 Å². The van der Waals surface area contributed by atoms with Crippen molar-refractivity contribution in [2.45, 2.75) is 40.5 Å². The maximum atomic E-state index is 2.46. The van der Waals surface area contributed by atoms with E-state index in [1.807, 2.05) is 27.7 Å². The van der Waals surface area contributed by atoms with Crippen LogP contribution in [0.3, 0.4) is 0 Å². The van der Waals surface area contributed by atoms with Crippen LogP contribution in [0, 0.1) is 11.8 Å². The Bertz CT molecular complexity index is 574. The monoisotopic (exact) mass is 266 g/mol. The van der Waals surface area contributed by atoms with Crippen LogP contribution < -0.4 is 10.4 Å². The highest BCUT2D eigenvalue weighted by atomic mass is 14.4. The summed E-state index contributed by atoms with van der Waals surface area (Å²) >= 11 is 0. The van der Waals surface area contributed by atoms with Gasteiger partial charge in [-0.3, -0.25) is 0 Å². The van der Waals surface area contributed by atoms with Crippen LogP contribution in [0.5, 0.6) is 0 Å². The fourth-order valence-electron chi connectivity index (χ4n) is 2.79. The van der Waals surface area contributed by atoms with Crippen molar-refractivity contribution < 1.29 is 0 Å². The molecule has 20 heavy (non-hydrogen) atoms. The molecule has 3 aliphatic rings. The third-order valence-electron chi connectivity index (χ3n) is 3.83. The SMILES string of the molecule is C1=Cc2cc3c(cc2C=CC1)=CC1CC1C=3.CC.CC. The van der Waals surface area contributed by atoms with Crippen molar-refractivity contribution in [3.05, 3.63) is 45.8 Å². The zero-order valence-corrected chi connectivity index (χ0v) is 13.2. The predicted molar refractivity (Wildman–Crippen MR) is 91.6 cm³/mol. The Morgan fingerprint density at radius 1 is 0.750 bits per heavy atom. The minimum Gasteiger partial charge on any atom is -0.0801 e. The summed E-state index contributed by atoms with van der Waals surface area (Å²) < 4.78 is 0. The Hall–Kier alpha value is -1.56. The molecule has 0 aromatic heterocycles. The maximum Gasteiger partial charge on any atom is -0.0155 e. The van der Waals surface area contributed by atoms with Crippen LogP contribution in [-0.4, -0.2) is 0 Å². The molecule has 1 aromatic carbocycles. The molecule has 106 valence electrons. The molecule has 0 N–H and O–H groups in total. The normalized spacial score (nSPS) is 23.0. The van der Waals surface area contributed by atoms with Gasteiger partial charge in [-0.25, -0.2) is 0 Å². The summed E-state index contributed by atoms with van der Waals surface area (Å²) in [6.07, 6.45) is 16.3. The largest absolute Gasteiger partial charge is 0.0801 e. The average molecular weight is 266 g/mol. The van der Waals surface area contributed by atoms with Crippen molar-refractivity contribution in [1.82, 2.24) is 0 Å². The first-order valence-corrected chi connectivity index (χ1v) is 8.11. The maximum absolute atomic E-state index is 2.46. The van der Waals surface area contributed by atoms with Crippen molar-refractivity contribution in [2.75, 3.05) is 0 Å². The van der Waals surface area contributed by atoms with Crippen LogP contribution in [0.2, 0.25) is 0 Å². The summed E-state index contributed by atoms with van der Waals surface area (Å²) in [5, 5.41) is 2.88. The summed E-state index contributed by atoms with van der Waals surface area (Å²) in [4.78, 5) is 0. The minimum absolute atomic E-state index is 0.843. The molecule has 2 unspecified atom stereocenters. The van der Waals surface area contributed by atoms with Gasteiger partial charge < -0.3 is 0 Å². The van der Waals surface area contributed by atoms with Crippen LogP contribution in [0.4, 0.5) is 0 Å². The standard InChI is InChI=1S/C16H14.2C2H6/c1-2-4-11-6-13-8-15-10-16(15)9-14(13)7-12(11)5-3-1;2*1-2/h2-9,15-16H,1,10H2;2*1-2H3. The second kappa shape index (κ2) is 6.74. The van der Waals surface area contributed by atoms with Crippen molar-refractivity contribution in [3.63, 3.8) is 0 Å². The first-order chi connectivity index (χ1) is 9.90. The number of hydrogen-bond acceptors (Lipinski definition) is 0. The Kier molecular flexibility index (Phi) is 5.00. The van der Waals surface area contributed by atoms with E-state index in [0.29, 0.717) is 0 Å². The molecule has 0 aliphatic heterocycles. The number of rotatable bonds is 0. The van der Waals surface area contributed by atoms with Crippen LogP contribution in [0.15, 0.2) is 24.3 Å². The van der Waals surface area contributed by atoms with E-state index in [2.05, 4.69) is 48.6 Å². The topological polar surface area (TPSA) is 0 Å². The van der Waals surface area contributed by atoms with E-state index in [0.717, 1.165) is 18.3 Å². The van der Waals surface area contributed by atoms with Crippen molar-refractivity contribution in [3.8, 4) is 0 Å². The first kappa shape index (κ1) is 14.8. The van der Waals surface area contributed by atoms with Crippen LogP contribution in [-0.2, 0) is 0 Å². The van der Waals surface area contributed by atoms with Gasteiger partial charge in [0.1, 0.15) is 0 Å². The fraction of sp³-hybridized carbons (Fsp3) is 0.400. The first-order valence-electron chi connectivity index (χ1n) is 8.11. The summed E-state index contributed by atoms with van der Waals surface area (Å²) in [5.74, 6) is 1.69. The molecule has 0 radical (unpaired) electrons. The summed E-state index contributed by atoms with van der Waals surface area (Å²) in [6, 6.07) is 4.70. The Morgan fingerprint density at radius 2 is 1.20 bits per heavy atom. The lowest BCUT2D eigenvalue weighted by Gasteiger charge is -2.04. The van der Waals surface area contributed by atoms with Crippen LogP contribution in [0.25, 0.3) is 24.3 Å². The zero-order chi connectivity index (χ0) is 14.5. The van der Waals surface area contributed by atoms with E-state index in [1.54, 1.807) is 0 Å². The molecule has 0 amide bonds. The van der Waals surface area contributed by atoms with Gasteiger partial charge in [-0.2, -0.15) is 0 Å². The van der Waals surface area contributed by atoms with Gasteiger partial charge in [-0.05, 0) is 58.4 Å². The summed E-state index contributed by atoms with van der Waals surface area (Å²) in [7, 11) is 0. The van der Waals surface area contributed by atoms with E-state index < -0.39 is 0 Å². The van der Waals surface area contributed by atoms with Gasteiger partial charge in [0.25, 0.3) is 0 Å². The number of hydrogen-bond donors (Lipinski definition) is 0. The molecule has 2 atom stereocenters. The molecule has 3 aliphatic carbocycles. The lowest BCUT2D eigenvalue weighted by molar-refractivity contribution is 1.06. The zero-order valence-electron chi connectivity index (χ0n) is 13.2. The van der Waals surface area contributed by atoms with E-state index in [1.165, 1.54) is 28.0 Å². The van der Waals surface area contributed by atoms with Crippen molar-refractivity contribution in [1.29, 1.82) is 0 Å².